The Morgan fingerprint density at radius 1 is 0.971 bits per heavy atom. The Balaban J connectivity index is 1.46. The van der Waals surface area contributed by atoms with Gasteiger partial charge in [0.15, 0.2) is 11.7 Å². The molecule has 0 radical (unpaired) electrons. The second-order valence-corrected chi connectivity index (χ2v) is 9.24. The van der Waals surface area contributed by atoms with E-state index in [1.807, 2.05) is 60.7 Å². The van der Waals surface area contributed by atoms with Gasteiger partial charge < -0.3 is 20.3 Å². The maximum absolute atomic E-state index is 11.1. The number of aromatic amines is 1. The zero-order valence-electron chi connectivity index (χ0n) is 19.8. The monoisotopic (exact) mass is 463 g/mol. The van der Waals surface area contributed by atoms with Crippen LogP contribution in [0.2, 0.25) is 0 Å². The van der Waals surface area contributed by atoms with Gasteiger partial charge in [-0.15, -0.1) is 0 Å². The Morgan fingerprint density at radius 2 is 1.66 bits per heavy atom. The normalized spacial score (nSPS) is 16.1. The number of anilines is 1. The number of para-hydroxylation sites is 2. The van der Waals surface area contributed by atoms with Crippen LogP contribution in [0.1, 0.15) is 30.9 Å². The van der Waals surface area contributed by atoms with Crippen molar-refractivity contribution in [3.63, 3.8) is 0 Å². The van der Waals surface area contributed by atoms with Crippen molar-refractivity contribution >= 4 is 22.2 Å². The molecule has 6 heteroatoms. The number of nitrogens with zero attached hydrogens (tertiary/aromatic N) is 3. The third kappa shape index (κ3) is 4.10. The molecular formula is C29H29N5O. The van der Waals surface area contributed by atoms with Crippen LogP contribution in [0, 0.1) is 0 Å². The molecule has 0 aliphatic carbocycles. The summed E-state index contributed by atoms with van der Waals surface area (Å²) in [4.78, 5) is 15.3. The van der Waals surface area contributed by atoms with Crippen molar-refractivity contribution in [2.45, 2.75) is 25.8 Å². The molecule has 3 aromatic carbocycles. The number of hydrogen-bond acceptors (Lipinski definition) is 5. The van der Waals surface area contributed by atoms with Gasteiger partial charge in [-0.3, -0.25) is 0 Å². The summed E-state index contributed by atoms with van der Waals surface area (Å²) >= 11 is 0. The lowest BCUT2D eigenvalue weighted by Gasteiger charge is -2.32. The first-order chi connectivity index (χ1) is 17.2. The van der Waals surface area contributed by atoms with Crippen LogP contribution in [0.3, 0.4) is 0 Å². The Hall–Kier alpha value is -3.90. The molecule has 0 amide bonds. The van der Waals surface area contributed by atoms with E-state index in [0.717, 1.165) is 76.5 Å². The maximum Gasteiger partial charge on any atom is 0.197 e. The summed E-state index contributed by atoms with van der Waals surface area (Å²) in [5.74, 6) is 0.736. The molecule has 0 bridgehead atoms. The molecule has 1 saturated heterocycles. The van der Waals surface area contributed by atoms with Crippen LogP contribution in [0.4, 0.5) is 5.69 Å². The van der Waals surface area contributed by atoms with Crippen LogP contribution in [-0.2, 0) is 0 Å². The SMILES string of the molecule is CCN1CCC(Nc2ccc3[nH]c(O)c(C(=C4N=c5ccccc5=N4)c4ccccc4)c3c2)CC1. The van der Waals surface area contributed by atoms with E-state index in [-0.39, 0.29) is 5.88 Å². The molecular weight excluding hydrogens is 434 g/mol. The first-order valence-corrected chi connectivity index (χ1v) is 12.4. The quantitative estimate of drug-likeness (QED) is 0.410. The third-order valence-corrected chi connectivity index (χ3v) is 7.05. The smallest absolute Gasteiger partial charge is 0.197 e. The number of aromatic nitrogens is 1. The molecule has 2 aliphatic heterocycles. The molecule has 1 fully saturated rings. The molecule has 0 atom stereocenters. The molecule has 0 spiro atoms. The molecule has 4 aromatic rings. The highest BCUT2D eigenvalue weighted by molar-refractivity contribution is 6.01. The van der Waals surface area contributed by atoms with Gasteiger partial charge in [0, 0.05) is 41.3 Å². The van der Waals surface area contributed by atoms with Crippen molar-refractivity contribution in [3.05, 3.63) is 100 Å². The number of aromatic hydroxyl groups is 1. The van der Waals surface area contributed by atoms with Gasteiger partial charge >= 0.3 is 0 Å². The van der Waals surface area contributed by atoms with E-state index in [4.69, 9.17) is 9.98 Å². The Morgan fingerprint density at radius 3 is 2.34 bits per heavy atom. The van der Waals surface area contributed by atoms with Gasteiger partial charge in [0.2, 0.25) is 0 Å². The summed E-state index contributed by atoms with van der Waals surface area (Å²) in [6, 6.07) is 24.7. The van der Waals surface area contributed by atoms with Gasteiger partial charge in [0.25, 0.3) is 0 Å². The van der Waals surface area contributed by atoms with Crippen LogP contribution in [0.5, 0.6) is 5.88 Å². The largest absolute Gasteiger partial charge is 0.494 e. The lowest BCUT2D eigenvalue weighted by atomic mass is 9.96. The maximum atomic E-state index is 11.1. The molecule has 1 aromatic heterocycles. The fourth-order valence-electron chi connectivity index (χ4n) is 5.16. The van der Waals surface area contributed by atoms with Crippen LogP contribution < -0.4 is 16.0 Å². The summed E-state index contributed by atoms with van der Waals surface area (Å²) in [5.41, 5.74) is 4.45. The summed E-state index contributed by atoms with van der Waals surface area (Å²) < 4.78 is 0. The predicted molar refractivity (Wildman–Crippen MR) is 140 cm³/mol. The number of H-pyrrole nitrogens is 1. The Bertz CT molecular complexity index is 1490. The second kappa shape index (κ2) is 9.04. The minimum atomic E-state index is 0.126. The van der Waals surface area contributed by atoms with Gasteiger partial charge in [0.1, 0.15) is 0 Å². The van der Waals surface area contributed by atoms with E-state index in [0.29, 0.717) is 11.9 Å². The number of likely N-dealkylation sites (tertiary alicyclic amines) is 1. The average molecular weight is 464 g/mol. The lowest BCUT2D eigenvalue weighted by molar-refractivity contribution is 0.229. The highest BCUT2D eigenvalue weighted by Gasteiger charge is 2.23. The first-order valence-electron chi connectivity index (χ1n) is 12.4. The lowest BCUT2D eigenvalue weighted by Crippen LogP contribution is -2.38. The van der Waals surface area contributed by atoms with Gasteiger partial charge in [0.05, 0.1) is 16.3 Å². The molecule has 6 nitrogen and oxygen atoms in total. The van der Waals surface area contributed by atoms with Crippen LogP contribution in [0.25, 0.3) is 16.5 Å². The number of rotatable bonds is 5. The zero-order valence-corrected chi connectivity index (χ0v) is 19.8. The van der Waals surface area contributed by atoms with Gasteiger partial charge in [-0.1, -0.05) is 49.4 Å². The van der Waals surface area contributed by atoms with Gasteiger partial charge in [-0.2, -0.15) is 0 Å². The van der Waals surface area contributed by atoms with E-state index in [1.54, 1.807) is 0 Å². The van der Waals surface area contributed by atoms with Crippen molar-refractivity contribution in [3.8, 4) is 5.88 Å². The summed E-state index contributed by atoms with van der Waals surface area (Å²) in [6.45, 7) is 5.59. The second-order valence-electron chi connectivity index (χ2n) is 9.24. The number of fused-ring (bicyclic) bond motifs is 2. The molecule has 2 aliphatic rings. The van der Waals surface area contributed by atoms with Crippen molar-refractivity contribution in [2.24, 2.45) is 9.98 Å². The standard InChI is InChI=1S/C29H29N5O/c1-2-34-16-14-20(15-17-34)30-21-12-13-23-22(18-21)27(29(35)33-23)26(19-8-4-3-5-9-19)28-31-24-10-6-7-11-25(24)32-28/h3-13,18,20,30,33,35H,2,14-17H2,1H3. The number of piperidine rings is 1. The number of hydrogen-bond donors (Lipinski definition) is 3. The van der Waals surface area contributed by atoms with Gasteiger partial charge in [-0.05, 0) is 55.3 Å². The molecule has 3 heterocycles. The van der Waals surface area contributed by atoms with E-state index in [2.05, 4.69) is 34.3 Å². The van der Waals surface area contributed by atoms with Crippen LogP contribution >= 0.6 is 0 Å². The van der Waals surface area contributed by atoms with E-state index >= 15 is 0 Å². The van der Waals surface area contributed by atoms with Gasteiger partial charge in [-0.25, -0.2) is 9.98 Å². The molecule has 3 N–H and O–H groups in total. The van der Waals surface area contributed by atoms with Crippen LogP contribution in [-0.4, -0.2) is 40.7 Å². The van der Waals surface area contributed by atoms with Crippen molar-refractivity contribution in [1.29, 1.82) is 0 Å². The first kappa shape index (κ1) is 21.6. The minimum Gasteiger partial charge on any atom is -0.494 e. The highest BCUT2D eigenvalue weighted by Crippen LogP contribution is 2.40. The average Bonchev–Trinajstić information content (AvgIpc) is 3.46. The number of nitrogens with one attached hydrogen (secondary N) is 2. The topological polar surface area (TPSA) is 76.0 Å². The van der Waals surface area contributed by atoms with Crippen molar-refractivity contribution in [1.82, 2.24) is 9.88 Å². The zero-order chi connectivity index (χ0) is 23.8. The Labute approximate surface area is 204 Å². The fourth-order valence-corrected chi connectivity index (χ4v) is 5.16. The Kier molecular flexibility index (Phi) is 5.58. The van der Waals surface area contributed by atoms with E-state index in [1.165, 1.54) is 0 Å². The molecule has 35 heavy (non-hydrogen) atoms. The van der Waals surface area contributed by atoms with E-state index < -0.39 is 0 Å². The van der Waals surface area contributed by atoms with Crippen LogP contribution in [0.15, 0.2) is 88.6 Å². The summed E-state index contributed by atoms with van der Waals surface area (Å²) in [7, 11) is 0. The molecule has 176 valence electrons. The molecule has 6 rings (SSSR count). The highest BCUT2D eigenvalue weighted by atomic mass is 16.3. The van der Waals surface area contributed by atoms with E-state index in [9.17, 15) is 5.11 Å². The number of benzene rings is 3. The fraction of sp³-hybridized carbons (Fsp3) is 0.241. The third-order valence-electron chi connectivity index (χ3n) is 7.05. The summed E-state index contributed by atoms with van der Waals surface area (Å²) in [5, 5.41) is 17.5. The van der Waals surface area contributed by atoms with Crippen molar-refractivity contribution in [2.75, 3.05) is 25.0 Å². The summed E-state index contributed by atoms with van der Waals surface area (Å²) in [6.07, 6.45) is 2.26. The predicted octanol–water partition coefficient (Wildman–Crippen LogP) is 4.44. The molecule has 0 saturated carbocycles. The molecule has 0 unspecified atom stereocenters. The van der Waals surface area contributed by atoms with Crippen molar-refractivity contribution < 1.29 is 5.11 Å². The minimum absolute atomic E-state index is 0.126.